The summed E-state index contributed by atoms with van der Waals surface area (Å²) in [6.07, 6.45) is 3.75. The smallest absolute Gasteiger partial charge is 0.335 e. The normalized spacial score (nSPS) is 9.51. The summed E-state index contributed by atoms with van der Waals surface area (Å²) in [6.45, 7) is 1.48. The number of rotatable bonds is 5. The molecule has 9 nitrogen and oxygen atoms in total. The predicted molar refractivity (Wildman–Crippen MR) is 129 cm³/mol. The molecule has 0 bridgehead atoms. The molecule has 1 aromatic heterocycles. The summed E-state index contributed by atoms with van der Waals surface area (Å²) in [7, 11) is 0. The van der Waals surface area contributed by atoms with Gasteiger partial charge in [-0.05, 0) is 48.9 Å². The van der Waals surface area contributed by atoms with E-state index in [1.165, 1.54) is 49.4 Å². The maximum Gasteiger partial charge on any atom is 0.335 e. The highest BCUT2D eigenvalue weighted by molar-refractivity contribution is 6.09. The van der Waals surface area contributed by atoms with Crippen molar-refractivity contribution in [2.75, 3.05) is 0 Å². The molecule has 0 saturated heterocycles. The van der Waals surface area contributed by atoms with Crippen LogP contribution in [0.3, 0.4) is 0 Å². The molecule has 4 rings (SSSR count). The van der Waals surface area contributed by atoms with Crippen molar-refractivity contribution in [2.45, 2.75) is 6.92 Å². The Morgan fingerprint density at radius 3 is 1.60 bits per heavy atom. The lowest BCUT2D eigenvalue weighted by atomic mass is 10.0. The lowest BCUT2D eigenvalue weighted by Gasteiger charge is -2.03. The molecule has 3 N–H and O–H groups in total. The molecule has 0 unspecified atom stereocenters. The minimum Gasteiger partial charge on any atom is -0.478 e. The van der Waals surface area contributed by atoms with Gasteiger partial charge in [-0.3, -0.25) is 14.9 Å². The fourth-order valence-corrected chi connectivity index (χ4v) is 2.87. The van der Waals surface area contributed by atoms with Gasteiger partial charge in [0.25, 0.3) is 5.69 Å². The minimum absolute atomic E-state index is 0.0189. The second-order valence-corrected chi connectivity index (χ2v) is 6.97. The number of hydrogen-bond acceptors (Lipinski definition) is 5. The molecule has 0 radical (unpaired) electrons. The van der Waals surface area contributed by atoms with E-state index >= 15 is 0 Å². The molecular weight excluding hydrogens is 452 g/mol. The molecule has 9 heteroatoms. The van der Waals surface area contributed by atoms with Crippen LogP contribution in [0, 0.1) is 17.0 Å². The van der Waals surface area contributed by atoms with Crippen molar-refractivity contribution in [1.82, 2.24) is 4.98 Å². The number of carboxylic acid groups (broad SMARTS) is 2. The van der Waals surface area contributed by atoms with Gasteiger partial charge in [0.05, 0.1) is 16.1 Å². The fourth-order valence-electron chi connectivity index (χ4n) is 2.87. The number of aromatic amines is 1. The summed E-state index contributed by atoms with van der Waals surface area (Å²) < 4.78 is 0. The van der Waals surface area contributed by atoms with Crippen molar-refractivity contribution in [3.63, 3.8) is 0 Å². The quantitative estimate of drug-likeness (QED) is 0.203. The first-order valence-corrected chi connectivity index (χ1v) is 10.2. The molecule has 0 spiro atoms. The summed E-state index contributed by atoms with van der Waals surface area (Å²) in [5, 5.41) is 27.8. The van der Waals surface area contributed by atoms with Crippen LogP contribution in [0.25, 0.3) is 0 Å². The van der Waals surface area contributed by atoms with Gasteiger partial charge < -0.3 is 15.2 Å². The molecule has 0 fully saturated rings. The van der Waals surface area contributed by atoms with Gasteiger partial charge in [0, 0.05) is 35.7 Å². The molecule has 0 aliphatic rings. The number of aromatic carboxylic acids is 2. The van der Waals surface area contributed by atoms with E-state index in [4.69, 9.17) is 10.2 Å². The van der Waals surface area contributed by atoms with E-state index < -0.39 is 16.9 Å². The minimum atomic E-state index is -1.11. The highest BCUT2D eigenvalue weighted by atomic mass is 16.6. The van der Waals surface area contributed by atoms with Crippen molar-refractivity contribution in [3.05, 3.63) is 135 Å². The molecular formula is C26H22N2O7. The monoisotopic (exact) mass is 474 g/mol. The van der Waals surface area contributed by atoms with Crippen LogP contribution in [-0.2, 0) is 0 Å². The highest BCUT2D eigenvalue weighted by Gasteiger charge is 2.13. The predicted octanol–water partition coefficient (Wildman–Crippen LogP) is 5.23. The summed E-state index contributed by atoms with van der Waals surface area (Å²) >= 11 is 0. The van der Waals surface area contributed by atoms with E-state index in [9.17, 15) is 24.5 Å². The molecule has 35 heavy (non-hydrogen) atoms. The molecule has 0 aliphatic heterocycles. The summed E-state index contributed by atoms with van der Waals surface area (Å²) in [5.41, 5.74) is 1.33. The Balaban J connectivity index is 0.000000211. The number of benzene rings is 3. The highest BCUT2D eigenvalue weighted by Crippen LogP contribution is 2.15. The first-order valence-electron chi connectivity index (χ1n) is 10.2. The number of carbonyl (C=O) groups is 3. The Hall–Kier alpha value is -5.05. The first-order chi connectivity index (χ1) is 16.7. The molecule has 3 aromatic carbocycles. The number of nitro benzene ring substituents is 1. The van der Waals surface area contributed by atoms with Gasteiger partial charge in [-0.25, -0.2) is 9.59 Å². The number of carboxylic acids is 2. The Labute approximate surface area is 200 Å². The maximum absolute atomic E-state index is 12.0. The first kappa shape index (κ1) is 26.2. The van der Waals surface area contributed by atoms with E-state index in [0.29, 0.717) is 11.1 Å². The number of non-ortho nitro benzene ring substituents is 1. The maximum atomic E-state index is 12.0. The molecule has 0 amide bonds. The number of carbonyl (C=O) groups excluding carboxylic acids is 1. The molecule has 4 aromatic rings. The fraction of sp³-hybridized carbons (Fsp3) is 0.0385. The van der Waals surface area contributed by atoms with Crippen molar-refractivity contribution >= 4 is 23.4 Å². The Morgan fingerprint density at radius 2 is 1.20 bits per heavy atom. The number of aromatic nitrogens is 1. The van der Waals surface area contributed by atoms with Crippen LogP contribution in [0.1, 0.15) is 42.2 Å². The van der Waals surface area contributed by atoms with Crippen LogP contribution >= 0.6 is 0 Å². The van der Waals surface area contributed by atoms with Crippen LogP contribution in [-0.4, -0.2) is 37.8 Å². The van der Waals surface area contributed by atoms with Crippen LogP contribution in [0.2, 0.25) is 0 Å². The second kappa shape index (κ2) is 12.9. The third-order valence-corrected chi connectivity index (χ3v) is 4.67. The van der Waals surface area contributed by atoms with Crippen LogP contribution < -0.4 is 0 Å². The van der Waals surface area contributed by atoms with Gasteiger partial charge in [-0.15, -0.1) is 0 Å². The molecule has 178 valence electrons. The average molecular weight is 474 g/mol. The van der Waals surface area contributed by atoms with E-state index in [1.54, 1.807) is 24.3 Å². The molecule has 0 saturated carbocycles. The number of nitrogens with one attached hydrogen (secondary N) is 1. The second-order valence-electron chi connectivity index (χ2n) is 6.97. The molecule has 1 heterocycles. The van der Waals surface area contributed by atoms with Gasteiger partial charge in [-0.1, -0.05) is 36.4 Å². The van der Waals surface area contributed by atoms with E-state index in [1.807, 2.05) is 30.6 Å². The Morgan fingerprint density at radius 1 is 0.714 bits per heavy atom. The van der Waals surface area contributed by atoms with Crippen LogP contribution in [0.5, 0.6) is 0 Å². The van der Waals surface area contributed by atoms with Crippen molar-refractivity contribution in [3.8, 4) is 0 Å². The number of nitrogens with zero attached hydrogens (tertiary/aromatic N) is 1. The lowest BCUT2D eigenvalue weighted by Crippen LogP contribution is -2.06. The zero-order valence-corrected chi connectivity index (χ0v) is 18.6. The third-order valence-electron chi connectivity index (χ3n) is 4.67. The number of ketones is 1. The zero-order chi connectivity index (χ0) is 25.8. The van der Waals surface area contributed by atoms with E-state index in [-0.39, 0.29) is 28.2 Å². The number of hydrogen-bond donors (Lipinski definition) is 3. The van der Waals surface area contributed by atoms with Crippen molar-refractivity contribution in [2.24, 2.45) is 0 Å². The summed E-state index contributed by atoms with van der Waals surface area (Å²) in [4.78, 5) is 46.0. The number of nitro groups is 1. The largest absolute Gasteiger partial charge is 0.478 e. The number of H-pyrrole nitrogens is 1. The van der Waals surface area contributed by atoms with Gasteiger partial charge >= 0.3 is 11.9 Å². The lowest BCUT2D eigenvalue weighted by molar-refractivity contribution is -0.384. The van der Waals surface area contributed by atoms with Crippen LogP contribution in [0.4, 0.5) is 5.69 Å². The Bertz CT molecular complexity index is 1230. The van der Waals surface area contributed by atoms with Gasteiger partial charge in [-0.2, -0.15) is 0 Å². The molecule has 0 aliphatic carbocycles. The van der Waals surface area contributed by atoms with E-state index in [0.717, 1.165) is 0 Å². The van der Waals surface area contributed by atoms with Crippen molar-refractivity contribution < 1.29 is 29.5 Å². The molecule has 0 atom stereocenters. The van der Waals surface area contributed by atoms with Gasteiger partial charge in [0.2, 0.25) is 0 Å². The van der Waals surface area contributed by atoms with Crippen molar-refractivity contribution in [1.29, 1.82) is 0 Å². The van der Waals surface area contributed by atoms with E-state index in [2.05, 4.69) is 4.98 Å². The standard InChI is InChI=1S/C13H9NO3.C9H8O4.C4H5N/c15-13(10-4-2-1-3-5-10)11-6-8-12(9-7-11)14(16)17;1-5-6(8(10)11)3-2-4-7(5)9(12)13;1-2-4-5-3-1/h1-9H;2-4H,1H3,(H,10,11)(H,12,13);1-5H. The zero-order valence-electron chi connectivity index (χ0n) is 18.6. The van der Waals surface area contributed by atoms with Gasteiger partial charge in [0.15, 0.2) is 5.78 Å². The Kier molecular flexibility index (Phi) is 9.62. The SMILES string of the molecule is Cc1c(C(=O)O)cccc1C(=O)O.O=C(c1ccccc1)c1ccc([N+](=O)[O-])cc1.c1cc[nH]c1. The average Bonchev–Trinajstić information content (AvgIpc) is 3.45. The topological polar surface area (TPSA) is 151 Å². The van der Waals surface area contributed by atoms with Gasteiger partial charge in [0.1, 0.15) is 0 Å². The third kappa shape index (κ3) is 7.79. The van der Waals surface area contributed by atoms with Crippen LogP contribution in [0.15, 0.2) is 97.3 Å². The summed E-state index contributed by atoms with van der Waals surface area (Å²) in [5.74, 6) is -2.36. The summed E-state index contributed by atoms with van der Waals surface area (Å²) in [6, 6.07) is 22.5.